The highest BCUT2D eigenvalue weighted by atomic mass is 15.0. The normalized spacial score (nSPS) is 14.4. The fraction of sp³-hybridized carbons (Fsp3) is 0.0435. The van der Waals surface area contributed by atoms with E-state index in [1.807, 2.05) is 12.3 Å². The summed E-state index contributed by atoms with van der Waals surface area (Å²) in [7, 11) is 0. The largest absolute Gasteiger partial charge is 0.309 e. The Bertz CT molecular complexity index is 2780. The van der Waals surface area contributed by atoms with Crippen molar-refractivity contribution in [2.24, 2.45) is 0 Å². The zero-order chi connectivity index (χ0) is 33.0. The fourth-order valence-corrected chi connectivity index (χ4v) is 7.78. The van der Waals surface area contributed by atoms with Crippen LogP contribution in [0, 0.1) is 0 Å². The quantitative estimate of drug-likeness (QED) is 0.188. The van der Waals surface area contributed by atoms with Crippen LogP contribution in [0.5, 0.6) is 0 Å². The molecular formula is C46H32N4. The Kier molecular flexibility index (Phi) is 6.59. The van der Waals surface area contributed by atoms with Crippen LogP contribution in [0.4, 0.5) is 0 Å². The van der Waals surface area contributed by atoms with Crippen LogP contribution in [-0.4, -0.2) is 19.1 Å². The summed E-state index contributed by atoms with van der Waals surface area (Å²) in [6.45, 7) is 0. The molecule has 10 rings (SSSR count). The molecule has 0 saturated carbocycles. The topological polar surface area (TPSA) is 35.6 Å². The maximum Gasteiger partial charge on any atom is 0.145 e. The third-order valence-electron chi connectivity index (χ3n) is 10.1. The van der Waals surface area contributed by atoms with Crippen LogP contribution < -0.4 is 0 Å². The Morgan fingerprint density at radius 2 is 1.32 bits per heavy atom. The molecule has 0 amide bonds. The van der Waals surface area contributed by atoms with E-state index in [4.69, 9.17) is 9.97 Å². The zero-order valence-electron chi connectivity index (χ0n) is 27.3. The summed E-state index contributed by atoms with van der Waals surface area (Å²) in [6.07, 6.45) is 11.6. The lowest BCUT2D eigenvalue weighted by molar-refractivity contribution is 0.815. The van der Waals surface area contributed by atoms with Gasteiger partial charge in [0, 0.05) is 50.5 Å². The van der Waals surface area contributed by atoms with Crippen molar-refractivity contribution in [2.75, 3.05) is 0 Å². The van der Waals surface area contributed by atoms with Gasteiger partial charge in [-0.05, 0) is 66.6 Å². The summed E-state index contributed by atoms with van der Waals surface area (Å²) in [5, 5.41) is 4.79. The summed E-state index contributed by atoms with van der Waals surface area (Å²) in [5.41, 5.74) is 12.2. The highest BCUT2D eigenvalue weighted by molar-refractivity contribution is 6.15. The number of nitrogens with zero attached hydrogens (tertiary/aromatic N) is 4. The molecule has 236 valence electrons. The molecule has 1 unspecified atom stereocenters. The van der Waals surface area contributed by atoms with Crippen molar-refractivity contribution in [3.8, 4) is 33.8 Å². The van der Waals surface area contributed by atoms with Crippen LogP contribution in [0.25, 0.3) is 77.5 Å². The van der Waals surface area contributed by atoms with Crippen molar-refractivity contribution >= 4 is 43.7 Å². The van der Waals surface area contributed by atoms with Gasteiger partial charge in [-0.1, -0.05) is 115 Å². The minimum absolute atomic E-state index is 0.215. The minimum Gasteiger partial charge on any atom is -0.309 e. The second-order valence-corrected chi connectivity index (χ2v) is 13.0. The van der Waals surface area contributed by atoms with Gasteiger partial charge in [-0.2, -0.15) is 0 Å². The molecule has 4 heteroatoms. The molecule has 50 heavy (non-hydrogen) atoms. The molecule has 0 bridgehead atoms. The lowest BCUT2D eigenvalue weighted by Crippen LogP contribution is -2.04. The predicted molar refractivity (Wildman–Crippen MR) is 207 cm³/mol. The van der Waals surface area contributed by atoms with E-state index in [0.29, 0.717) is 0 Å². The fourth-order valence-electron chi connectivity index (χ4n) is 7.78. The maximum absolute atomic E-state index is 5.21. The molecule has 4 heterocycles. The monoisotopic (exact) mass is 640 g/mol. The Morgan fingerprint density at radius 3 is 2.18 bits per heavy atom. The van der Waals surface area contributed by atoms with Gasteiger partial charge in [0.05, 0.1) is 33.6 Å². The number of hydrogen-bond donors (Lipinski definition) is 0. The molecule has 0 saturated heterocycles. The van der Waals surface area contributed by atoms with Gasteiger partial charge >= 0.3 is 0 Å². The van der Waals surface area contributed by atoms with Crippen LogP contribution in [0.3, 0.4) is 0 Å². The molecule has 1 atom stereocenters. The summed E-state index contributed by atoms with van der Waals surface area (Å²) in [6, 6.07) is 52.2. The molecule has 0 radical (unpaired) electrons. The molecule has 0 aliphatic heterocycles. The van der Waals surface area contributed by atoms with Crippen LogP contribution in [-0.2, 0) is 0 Å². The van der Waals surface area contributed by atoms with Gasteiger partial charge in [0.25, 0.3) is 0 Å². The molecule has 1 aliphatic rings. The number of para-hydroxylation sites is 3. The summed E-state index contributed by atoms with van der Waals surface area (Å²) in [4.78, 5) is 10.2. The van der Waals surface area contributed by atoms with E-state index in [0.717, 1.165) is 51.3 Å². The molecule has 5 aromatic carbocycles. The smallest absolute Gasteiger partial charge is 0.145 e. The summed E-state index contributed by atoms with van der Waals surface area (Å²) < 4.78 is 4.73. The molecule has 0 fully saturated rings. The van der Waals surface area contributed by atoms with Crippen molar-refractivity contribution in [1.82, 2.24) is 19.1 Å². The third kappa shape index (κ3) is 4.53. The van der Waals surface area contributed by atoms with Gasteiger partial charge in [0.15, 0.2) is 0 Å². The number of allylic oxidation sites excluding steroid dienone is 4. The Hall–Kier alpha value is -6.52. The van der Waals surface area contributed by atoms with Crippen LogP contribution in [0.2, 0.25) is 0 Å². The molecule has 0 spiro atoms. The van der Waals surface area contributed by atoms with Gasteiger partial charge < -0.3 is 4.57 Å². The first kappa shape index (κ1) is 28.5. The van der Waals surface area contributed by atoms with Gasteiger partial charge in [-0.25, -0.2) is 4.98 Å². The first-order valence-electron chi connectivity index (χ1n) is 17.2. The third-order valence-corrected chi connectivity index (χ3v) is 10.1. The van der Waals surface area contributed by atoms with Crippen LogP contribution in [0.1, 0.15) is 18.0 Å². The lowest BCUT2D eigenvalue weighted by Gasteiger charge is -2.17. The number of aromatic nitrogens is 4. The van der Waals surface area contributed by atoms with Crippen molar-refractivity contribution < 1.29 is 0 Å². The van der Waals surface area contributed by atoms with Crippen molar-refractivity contribution in [2.45, 2.75) is 12.3 Å². The van der Waals surface area contributed by atoms with Gasteiger partial charge in [0.2, 0.25) is 0 Å². The van der Waals surface area contributed by atoms with Gasteiger partial charge in [0.1, 0.15) is 5.65 Å². The number of hydrogen-bond acceptors (Lipinski definition) is 2. The first-order valence-corrected chi connectivity index (χ1v) is 17.2. The molecule has 1 aliphatic carbocycles. The molecular weight excluding hydrogens is 609 g/mol. The minimum atomic E-state index is 0.215. The highest BCUT2D eigenvalue weighted by Crippen LogP contribution is 2.41. The second kappa shape index (κ2) is 11.6. The van der Waals surface area contributed by atoms with Crippen LogP contribution in [0.15, 0.2) is 176 Å². The van der Waals surface area contributed by atoms with E-state index in [2.05, 4.69) is 173 Å². The average Bonchev–Trinajstić information content (AvgIpc) is 3.71. The molecule has 0 N–H and O–H groups in total. The van der Waals surface area contributed by atoms with Gasteiger partial charge in [-0.3, -0.25) is 9.55 Å². The summed E-state index contributed by atoms with van der Waals surface area (Å²) >= 11 is 0. The van der Waals surface area contributed by atoms with E-state index >= 15 is 0 Å². The van der Waals surface area contributed by atoms with Gasteiger partial charge in [-0.15, -0.1) is 0 Å². The molecule has 9 aromatic rings. The second-order valence-electron chi connectivity index (χ2n) is 13.0. The number of rotatable bonds is 5. The summed E-state index contributed by atoms with van der Waals surface area (Å²) in [5.74, 6) is 0.215. The number of fused-ring (bicyclic) bond motifs is 6. The van der Waals surface area contributed by atoms with E-state index in [-0.39, 0.29) is 5.92 Å². The highest BCUT2D eigenvalue weighted by Gasteiger charge is 2.21. The van der Waals surface area contributed by atoms with Crippen molar-refractivity contribution in [3.05, 3.63) is 182 Å². The average molecular weight is 641 g/mol. The Morgan fingerprint density at radius 1 is 0.540 bits per heavy atom. The standard InChI is InChI=1S/C46H32N4/c1-4-14-31(15-5-1)41-29-35(30-42(48-41)32-16-6-2-7-17-32)50-44-26-25-33(28-40(44)39-23-13-27-47-46(39)50)36-21-12-22-38-37-20-10-11-24-43(37)49(45(36)38)34-18-8-3-9-19-34/h1-16,18-30,32H,17H2. The van der Waals surface area contributed by atoms with E-state index in [9.17, 15) is 0 Å². The lowest BCUT2D eigenvalue weighted by atomic mass is 9.95. The number of pyridine rings is 2. The van der Waals surface area contributed by atoms with E-state index in [1.54, 1.807) is 0 Å². The van der Waals surface area contributed by atoms with Crippen LogP contribution >= 0.6 is 0 Å². The number of benzene rings is 5. The molecule has 4 nitrogen and oxygen atoms in total. The van der Waals surface area contributed by atoms with E-state index in [1.165, 1.54) is 38.3 Å². The zero-order valence-corrected chi connectivity index (χ0v) is 27.3. The maximum atomic E-state index is 5.21. The van der Waals surface area contributed by atoms with Crippen molar-refractivity contribution in [1.29, 1.82) is 0 Å². The van der Waals surface area contributed by atoms with Crippen molar-refractivity contribution in [3.63, 3.8) is 0 Å². The Balaban J connectivity index is 1.22. The Labute approximate surface area is 289 Å². The predicted octanol–water partition coefficient (Wildman–Crippen LogP) is 11.6. The van der Waals surface area contributed by atoms with E-state index < -0.39 is 0 Å². The first-order chi connectivity index (χ1) is 24.8. The SMILES string of the molecule is C1=CCC(c2cc(-n3c4ccc(-c5cccc6c7ccccc7n(-c7ccccc7)c56)cc4c4cccnc43)cc(-c3ccccc3)n2)C=C1. The molecule has 4 aromatic heterocycles.